The van der Waals surface area contributed by atoms with Crippen molar-refractivity contribution in [2.75, 3.05) is 5.43 Å². The highest BCUT2D eigenvalue weighted by Gasteiger charge is 2.23. The van der Waals surface area contributed by atoms with Gasteiger partial charge in [0.1, 0.15) is 5.82 Å². The normalized spacial score (nSPS) is 22.1. The number of nitrogens with two attached hydrogens (primary N) is 1. The van der Waals surface area contributed by atoms with Crippen LogP contribution in [0.15, 0.2) is 12.1 Å². The Kier molecular flexibility index (Phi) is 4.60. The van der Waals surface area contributed by atoms with Crippen LogP contribution in [-0.4, -0.2) is 16.9 Å². The van der Waals surface area contributed by atoms with E-state index in [4.69, 9.17) is 5.84 Å². The van der Waals surface area contributed by atoms with E-state index in [0.29, 0.717) is 23.3 Å². The molecule has 110 valence electrons. The second-order valence-electron chi connectivity index (χ2n) is 6.05. The third-order valence-electron chi connectivity index (χ3n) is 3.88. The van der Waals surface area contributed by atoms with Crippen LogP contribution in [0.1, 0.15) is 62.0 Å². The number of carbonyl (C=O) groups excluding carboxylic acids is 1. The van der Waals surface area contributed by atoms with Crippen molar-refractivity contribution in [1.29, 1.82) is 0 Å². The van der Waals surface area contributed by atoms with E-state index in [1.807, 2.05) is 19.9 Å². The van der Waals surface area contributed by atoms with Crippen molar-refractivity contribution in [2.45, 2.75) is 52.0 Å². The van der Waals surface area contributed by atoms with Crippen molar-refractivity contribution in [3.05, 3.63) is 23.4 Å². The first-order valence-corrected chi connectivity index (χ1v) is 7.29. The number of amides is 1. The Hall–Kier alpha value is -1.62. The molecule has 1 amide bonds. The maximum absolute atomic E-state index is 12.3. The Morgan fingerprint density at radius 2 is 2.15 bits per heavy atom. The van der Waals surface area contributed by atoms with Gasteiger partial charge in [0.05, 0.1) is 0 Å². The summed E-state index contributed by atoms with van der Waals surface area (Å²) in [5, 5.41) is 3.11. The van der Waals surface area contributed by atoms with Gasteiger partial charge in [0, 0.05) is 17.3 Å². The molecule has 0 aromatic carbocycles. The molecule has 1 saturated carbocycles. The second-order valence-corrected chi connectivity index (χ2v) is 6.05. The van der Waals surface area contributed by atoms with Crippen LogP contribution >= 0.6 is 0 Å². The topological polar surface area (TPSA) is 80.0 Å². The van der Waals surface area contributed by atoms with E-state index >= 15 is 0 Å². The Morgan fingerprint density at radius 1 is 1.40 bits per heavy atom. The number of rotatable bonds is 4. The first-order valence-electron chi connectivity index (χ1n) is 7.29. The van der Waals surface area contributed by atoms with E-state index in [0.717, 1.165) is 18.5 Å². The number of nitrogens with one attached hydrogen (secondary N) is 2. The van der Waals surface area contributed by atoms with Gasteiger partial charge in [0.15, 0.2) is 0 Å². The molecular weight excluding hydrogens is 252 g/mol. The zero-order chi connectivity index (χ0) is 14.7. The van der Waals surface area contributed by atoms with Gasteiger partial charge in [-0.2, -0.15) is 0 Å². The lowest BCUT2D eigenvalue weighted by molar-refractivity contribution is 0.0937. The molecule has 1 aromatic heterocycles. The fourth-order valence-electron chi connectivity index (χ4n) is 2.66. The van der Waals surface area contributed by atoms with Crippen LogP contribution in [0.3, 0.4) is 0 Å². The summed E-state index contributed by atoms with van der Waals surface area (Å²) in [5.74, 6) is 6.87. The Balaban J connectivity index is 2.14. The molecule has 5 heteroatoms. The van der Waals surface area contributed by atoms with Crippen molar-refractivity contribution in [3.63, 3.8) is 0 Å². The van der Waals surface area contributed by atoms with Gasteiger partial charge >= 0.3 is 0 Å². The predicted molar refractivity (Wildman–Crippen MR) is 80.4 cm³/mol. The molecule has 1 aliphatic rings. The quantitative estimate of drug-likeness (QED) is 0.583. The largest absolute Gasteiger partial charge is 0.349 e. The lowest BCUT2D eigenvalue weighted by Gasteiger charge is -2.14. The number of hydrogen-bond acceptors (Lipinski definition) is 4. The molecule has 1 aliphatic carbocycles. The molecule has 0 saturated heterocycles. The van der Waals surface area contributed by atoms with E-state index in [1.165, 1.54) is 6.42 Å². The third-order valence-corrected chi connectivity index (χ3v) is 3.88. The van der Waals surface area contributed by atoms with Gasteiger partial charge in [-0.05, 0) is 43.2 Å². The van der Waals surface area contributed by atoms with Gasteiger partial charge < -0.3 is 10.7 Å². The monoisotopic (exact) mass is 276 g/mol. The molecule has 1 fully saturated rings. The van der Waals surface area contributed by atoms with Gasteiger partial charge in [-0.3, -0.25) is 4.79 Å². The van der Waals surface area contributed by atoms with Crippen LogP contribution in [0.2, 0.25) is 0 Å². The standard InChI is InChI=1S/C15H24N4O/c1-9(2)13-7-11(8-14(18-13)19-16)15(20)17-12-5-4-10(3)6-12/h7-10,12H,4-6,16H2,1-3H3,(H,17,20)(H,18,19). The van der Waals surface area contributed by atoms with Crippen LogP contribution < -0.4 is 16.6 Å². The molecule has 20 heavy (non-hydrogen) atoms. The van der Waals surface area contributed by atoms with Crippen LogP contribution in [-0.2, 0) is 0 Å². The highest BCUT2D eigenvalue weighted by atomic mass is 16.1. The highest BCUT2D eigenvalue weighted by Crippen LogP contribution is 2.25. The molecule has 5 nitrogen and oxygen atoms in total. The SMILES string of the molecule is CC1CCC(NC(=O)c2cc(NN)nc(C(C)C)c2)C1. The van der Waals surface area contributed by atoms with Crippen molar-refractivity contribution >= 4 is 11.7 Å². The summed E-state index contributed by atoms with van der Waals surface area (Å²) >= 11 is 0. The summed E-state index contributed by atoms with van der Waals surface area (Å²) in [4.78, 5) is 16.7. The number of hydrazine groups is 1. The number of carbonyl (C=O) groups is 1. The Morgan fingerprint density at radius 3 is 2.70 bits per heavy atom. The summed E-state index contributed by atoms with van der Waals surface area (Å²) in [6.45, 7) is 6.32. The fourth-order valence-corrected chi connectivity index (χ4v) is 2.66. The van der Waals surface area contributed by atoms with Crippen LogP contribution in [0.5, 0.6) is 0 Å². The average molecular weight is 276 g/mol. The van der Waals surface area contributed by atoms with Crippen LogP contribution in [0.4, 0.5) is 5.82 Å². The molecule has 0 radical (unpaired) electrons. The van der Waals surface area contributed by atoms with Crippen molar-refractivity contribution < 1.29 is 4.79 Å². The maximum Gasteiger partial charge on any atom is 0.251 e. The van der Waals surface area contributed by atoms with Crippen LogP contribution in [0, 0.1) is 5.92 Å². The van der Waals surface area contributed by atoms with Crippen molar-refractivity contribution in [1.82, 2.24) is 10.3 Å². The summed E-state index contributed by atoms with van der Waals surface area (Å²) in [5.41, 5.74) is 4.01. The molecule has 4 N–H and O–H groups in total. The minimum Gasteiger partial charge on any atom is -0.349 e. The van der Waals surface area contributed by atoms with Crippen LogP contribution in [0.25, 0.3) is 0 Å². The summed E-state index contributed by atoms with van der Waals surface area (Å²) < 4.78 is 0. The summed E-state index contributed by atoms with van der Waals surface area (Å²) in [6, 6.07) is 3.83. The average Bonchev–Trinajstić information content (AvgIpc) is 2.83. The van der Waals surface area contributed by atoms with E-state index in [1.54, 1.807) is 6.07 Å². The number of hydrogen-bond donors (Lipinski definition) is 3. The molecule has 0 bridgehead atoms. The highest BCUT2D eigenvalue weighted by molar-refractivity contribution is 5.95. The van der Waals surface area contributed by atoms with Crippen molar-refractivity contribution in [3.8, 4) is 0 Å². The molecule has 2 atom stereocenters. The fraction of sp³-hybridized carbons (Fsp3) is 0.600. The molecular formula is C15H24N4O. The van der Waals surface area contributed by atoms with Gasteiger partial charge in [-0.25, -0.2) is 10.8 Å². The molecule has 2 unspecified atom stereocenters. The minimum atomic E-state index is -0.0371. The predicted octanol–water partition coefficient (Wildman–Crippen LogP) is 2.41. The molecule has 1 heterocycles. The van der Waals surface area contributed by atoms with Gasteiger partial charge in [0.25, 0.3) is 5.91 Å². The molecule has 1 aromatic rings. The van der Waals surface area contributed by atoms with E-state index in [9.17, 15) is 4.79 Å². The molecule has 2 rings (SSSR count). The number of aromatic nitrogens is 1. The zero-order valence-electron chi connectivity index (χ0n) is 12.4. The third kappa shape index (κ3) is 3.48. The van der Waals surface area contributed by atoms with Gasteiger partial charge in [0.2, 0.25) is 0 Å². The van der Waals surface area contributed by atoms with E-state index < -0.39 is 0 Å². The number of nitrogens with zero attached hydrogens (tertiary/aromatic N) is 1. The number of pyridine rings is 1. The Labute approximate surface area is 120 Å². The van der Waals surface area contributed by atoms with E-state index in [-0.39, 0.29) is 11.8 Å². The van der Waals surface area contributed by atoms with Gasteiger partial charge in [-0.1, -0.05) is 20.8 Å². The minimum absolute atomic E-state index is 0.0371. The lowest BCUT2D eigenvalue weighted by Crippen LogP contribution is -2.33. The first-order chi connectivity index (χ1) is 9.49. The second kappa shape index (κ2) is 6.22. The summed E-state index contributed by atoms with van der Waals surface area (Å²) in [7, 11) is 0. The molecule has 0 aliphatic heterocycles. The van der Waals surface area contributed by atoms with E-state index in [2.05, 4.69) is 22.7 Å². The zero-order valence-corrected chi connectivity index (χ0v) is 12.4. The molecule has 0 spiro atoms. The van der Waals surface area contributed by atoms with Crippen molar-refractivity contribution in [2.24, 2.45) is 11.8 Å². The first kappa shape index (κ1) is 14.8. The number of nitrogen functional groups attached to an aromatic ring is 1. The van der Waals surface area contributed by atoms with Gasteiger partial charge in [-0.15, -0.1) is 0 Å². The smallest absolute Gasteiger partial charge is 0.251 e. The maximum atomic E-state index is 12.3. The lowest BCUT2D eigenvalue weighted by atomic mass is 10.1. The summed E-state index contributed by atoms with van der Waals surface area (Å²) in [6.07, 6.45) is 3.32. The number of anilines is 1. The Bertz CT molecular complexity index is 487.